The van der Waals surface area contributed by atoms with Crippen molar-refractivity contribution >= 4 is 23.2 Å². The Bertz CT molecular complexity index is 792. The molecular weight excluding hydrogens is 336 g/mol. The smallest absolute Gasteiger partial charge is 0.308 e. The molecule has 2 aromatic rings. The third kappa shape index (κ3) is 3.74. The van der Waals surface area contributed by atoms with E-state index in [1.54, 1.807) is 4.90 Å². The molecule has 0 aliphatic carbocycles. The number of aromatic nitrogens is 1. The average molecular weight is 358 g/mol. The zero-order valence-electron chi connectivity index (χ0n) is 14.7. The fraction of sp³-hybridized carbons (Fsp3) is 0.421. The summed E-state index contributed by atoms with van der Waals surface area (Å²) in [5.74, 6) is -0.344. The molecule has 132 valence electrons. The van der Waals surface area contributed by atoms with Gasteiger partial charge in [-0.1, -0.05) is 23.8 Å². The lowest BCUT2D eigenvalue weighted by molar-refractivity contribution is -0.146. The number of ether oxygens (including phenoxy) is 1. The van der Waals surface area contributed by atoms with Crippen LogP contribution in [-0.2, 0) is 9.53 Å². The molecule has 0 saturated carbocycles. The summed E-state index contributed by atoms with van der Waals surface area (Å²) in [5.41, 5.74) is 3.92. The van der Waals surface area contributed by atoms with Gasteiger partial charge in [-0.15, -0.1) is 11.3 Å². The summed E-state index contributed by atoms with van der Waals surface area (Å²) >= 11 is 1.49. The molecule has 5 nitrogen and oxygen atoms in total. The van der Waals surface area contributed by atoms with Crippen LogP contribution < -0.4 is 0 Å². The number of esters is 1. The molecule has 1 aliphatic rings. The predicted octanol–water partition coefficient (Wildman–Crippen LogP) is 3.45. The maximum absolute atomic E-state index is 12.7. The number of carbonyl (C=O) groups excluding carboxylic acids is 2. The monoisotopic (exact) mass is 358 g/mol. The Morgan fingerprint density at radius 1 is 1.24 bits per heavy atom. The van der Waals surface area contributed by atoms with Gasteiger partial charge in [0.25, 0.3) is 5.91 Å². The maximum atomic E-state index is 12.7. The van der Waals surface area contributed by atoms with Gasteiger partial charge in [0.15, 0.2) is 0 Å². The molecule has 3 rings (SSSR count). The summed E-state index contributed by atoms with van der Waals surface area (Å²) < 4.78 is 4.79. The van der Waals surface area contributed by atoms with E-state index in [1.165, 1.54) is 24.0 Å². The average Bonchev–Trinajstić information content (AvgIpc) is 3.10. The van der Waals surface area contributed by atoms with Crippen molar-refractivity contribution < 1.29 is 14.3 Å². The van der Waals surface area contributed by atoms with Gasteiger partial charge >= 0.3 is 5.97 Å². The van der Waals surface area contributed by atoms with E-state index in [0.29, 0.717) is 31.6 Å². The zero-order valence-corrected chi connectivity index (χ0v) is 15.6. The number of carbonyl (C=O) groups is 2. The van der Waals surface area contributed by atoms with Gasteiger partial charge in [-0.3, -0.25) is 9.59 Å². The lowest BCUT2D eigenvalue weighted by Crippen LogP contribution is -2.40. The van der Waals surface area contributed by atoms with E-state index < -0.39 is 0 Å². The van der Waals surface area contributed by atoms with Crippen LogP contribution in [0.3, 0.4) is 0 Å². The molecule has 1 amide bonds. The first-order chi connectivity index (χ1) is 12.0. The molecule has 1 aromatic heterocycles. The highest BCUT2D eigenvalue weighted by Gasteiger charge is 2.29. The summed E-state index contributed by atoms with van der Waals surface area (Å²) in [6.45, 7) is 5.25. The second-order valence-corrected chi connectivity index (χ2v) is 7.30. The topological polar surface area (TPSA) is 59.5 Å². The molecule has 0 bridgehead atoms. The van der Waals surface area contributed by atoms with Crippen molar-refractivity contribution in [1.29, 1.82) is 0 Å². The van der Waals surface area contributed by atoms with Crippen molar-refractivity contribution in [3.05, 3.63) is 40.4 Å². The lowest BCUT2D eigenvalue weighted by atomic mass is 9.97. The summed E-state index contributed by atoms with van der Waals surface area (Å²) in [4.78, 5) is 30.6. The summed E-state index contributed by atoms with van der Waals surface area (Å²) in [6.07, 6.45) is 1.29. The van der Waals surface area contributed by atoms with Gasteiger partial charge in [-0.2, -0.15) is 0 Å². The Morgan fingerprint density at radius 3 is 2.60 bits per heavy atom. The second-order valence-electron chi connectivity index (χ2n) is 6.45. The minimum Gasteiger partial charge on any atom is -0.469 e. The number of likely N-dealkylation sites (tertiary alicyclic amines) is 1. The van der Waals surface area contributed by atoms with Crippen LogP contribution >= 0.6 is 11.3 Å². The van der Waals surface area contributed by atoms with E-state index in [4.69, 9.17) is 4.74 Å². The van der Waals surface area contributed by atoms with E-state index in [1.807, 2.05) is 5.38 Å². The number of hydrogen-bond donors (Lipinski definition) is 0. The molecule has 1 saturated heterocycles. The second kappa shape index (κ2) is 7.35. The molecule has 25 heavy (non-hydrogen) atoms. The van der Waals surface area contributed by atoms with E-state index in [-0.39, 0.29) is 17.8 Å². The van der Waals surface area contributed by atoms with Crippen LogP contribution in [0, 0.1) is 19.8 Å². The van der Waals surface area contributed by atoms with Crippen LogP contribution in [-0.4, -0.2) is 42.0 Å². The Balaban J connectivity index is 1.70. The molecule has 1 aromatic carbocycles. The molecule has 6 heteroatoms. The van der Waals surface area contributed by atoms with E-state index in [0.717, 1.165) is 16.1 Å². The van der Waals surface area contributed by atoms with Gasteiger partial charge in [0, 0.05) is 24.0 Å². The van der Waals surface area contributed by atoms with Gasteiger partial charge in [-0.05, 0) is 32.3 Å². The minimum atomic E-state index is -0.183. The lowest BCUT2D eigenvalue weighted by Gasteiger charge is -2.30. The van der Waals surface area contributed by atoms with Crippen LogP contribution in [0.2, 0.25) is 0 Å². The molecule has 1 aliphatic heterocycles. The van der Waals surface area contributed by atoms with Crippen molar-refractivity contribution in [2.24, 2.45) is 5.92 Å². The van der Waals surface area contributed by atoms with Gasteiger partial charge in [-0.25, -0.2) is 4.98 Å². The van der Waals surface area contributed by atoms with Crippen molar-refractivity contribution in [3.8, 4) is 10.6 Å². The van der Waals surface area contributed by atoms with Gasteiger partial charge < -0.3 is 9.64 Å². The molecule has 0 radical (unpaired) electrons. The number of benzene rings is 1. The summed E-state index contributed by atoms with van der Waals surface area (Å²) in [7, 11) is 1.41. The van der Waals surface area contributed by atoms with Crippen molar-refractivity contribution in [1.82, 2.24) is 9.88 Å². The van der Waals surface area contributed by atoms with Gasteiger partial charge in [0.1, 0.15) is 10.7 Å². The molecule has 0 spiro atoms. The van der Waals surface area contributed by atoms with Crippen LogP contribution in [0.15, 0.2) is 23.6 Å². The summed E-state index contributed by atoms with van der Waals surface area (Å²) in [5, 5.41) is 2.69. The highest BCUT2D eigenvalue weighted by Crippen LogP contribution is 2.28. The number of piperidine rings is 1. The number of methoxy groups -OCH3 is 1. The molecule has 2 heterocycles. The number of nitrogens with zero attached hydrogens (tertiary/aromatic N) is 2. The Morgan fingerprint density at radius 2 is 1.96 bits per heavy atom. The Kier molecular flexibility index (Phi) is 5.18. The van der Waals surface area contributed by atoms with Crippen molar-refractivity contribution in [2.45, 2.75) is 26.7 Å². The number of aryl methyl sites for hydroxylation is 2. The van der Waals surface area contributed by atoms with Crippen molar-refractivity contribution in [2.75, 3.05) is 20.2 Å². The zero-order chi connectivity index (χ0) is 18.0. The predicted molar refractivity (Wildman–Crippen MR) is 97.7 cm³/mol. The number of hydrogen-bond acceptors (Lipinski definition) is 5. The van der Waals surface area contributed by atoms with Crippen molar-refractivity contribution in [3.63, 3.8) is 0 Å². The largest absolute Gasteiger partial charge is 0.469 e. The minimum absolute atomic E-state index is 0.0596. The highest BCUT2D eigenvalue weighted by molar-refractivity contribution is 7.13. The van der Waals surface area contributed by atoms with Crippen LogP contribution in [0.4, 0.5) is 0 Å². The van der Waals surface area contributed by atoms with Gasteiger partial charge in [0.05, 0.1) is 13.0 Å². The standard InChI is InChI=1S/C19H22N2O3S/c1-12-4-5-15(13(2)10-12)17-20-16(11-25-17)18(22)21-8-6-14(7-9-21)19(23)24-3/h4-5,10-11,14H,6-9H2,1-3H3. The maximum Gasteiger partial charge on any atom is 0.308 e. The SMILES string of the molecule is COC(=O)C1CCN(C(=O)c2csc(-c3ccc(C)cc3C)n2)CC1. The first-order valence-corrected chi connectivity index (χ1v) is 9.28. The molecule has 0 N–H and O–H groups in total. The van der Waals surface area contributed by atoms with E-state index in [2.05, 4.69) is 37.0 Å². The van der Waals surface area contributed by atoms with Crippen LogP contribution in [0.25, 0.3) is 10.6 Å². The molecule has 0 atom stereocenters. The Labute approximate surface area is 151 Å². The fourth-order valence-corrected chi connectivity index (χ4v) is 4.08. The summed E-state index contributed by atoms with van der Waals surface area (Å²) in [6, 6.07) is 6.23. The fourth-order valence-electron chi connectivity index (χ4n) is 3.20. The highest BCUT2D eigenvalue weighted by atomic mass is 32.1. The van der Waals surface area contributed by atoms with Crippen LogP contribution in [0.5, 0.6) is 0 Å². The third-order valence-corrected chi connectivity index (χ3v) is 5.53. The number of amides is 1. The van der Waals surface area contributed by atoms with Crippen LogP contribution in [0.1, 0.15) is 34.5 Å². The van der Waals surface area contributed by atoms with E-state index in [9.17, 15) is 9.59 Å². The van der Waals surface area contributed by atoms with E-state index >= 15 is 0 Å². The third-order valence-electron chi connectivity index (χ3n) is 4.65. The number of rotatable bonds is 3. The molecular formula is C19H22N2O3S. The molecule has 0 unspecified atom stereocenters. The quantitative estimate of drug-likeness (QED) is 0.789. The first kappa shape index (κ1) is 17.6. The first-order valence-electron chi connectivity index (χ1n) is 8.40. The normalized spacial score (nSPS) is 15.2. The van der Waals surface area contributed by atoms with Gasteiger partial charge in [0.2, 0.25) is 0 Å². The Hall–Kier alpha value is -2.21. The molecule has 1 fully saturated rings. The number of thiazole rings is 1.